The van der Waals surface area contributed by atoms with Crippen LogP contribution in [0.3, 0.4) is 0 Å². The van der Waals surface area contributed by atoms with Crippen molar-refractivity contribution in [3.05, 3.63) is 113 Å². The molecule has 4 rings (SSSR count). The Hall–Kier alpha value is -1.02. The molecule has 0 amide bonds. The van der Waals surface area contributed by atoms with Crippen molar-refractivity contribution in [3.8, 4) is 0 Å². The number of fused-ring (bicyclic) bond motifs is 1. The molecule has 0 aliphatic heterocycles. The van der Waals surface area contributed by atoms with Crippen molar-refractivity contribution in [2.24, 2.45) is 0 Å². The molecule has 1 atom stereocenters. The number of hydrogen-bond acceptors (Lipinski definition) is 0. The predicted molar refractivity (Wildman–Crippen MR) is 115 cm³/mol. The molecule has 1 aliphatic rings. The van der Waals surface area contributed by atoms with Crippen LogP contribution in [-0.2, 0) is 29.6 Å². The van der Waals surface area contributed by atoms with E-state index in [1.807, 2.05) is 0 Å². The Morgan fingerprint density at radius 2 is 1.23 bits per heavy atom. The van der Waals surface area contributed by atoms with Crippen LogP contribution in [0.4, 0.5) is 0 Å². The molecule has 0 saturated carbocycles. The molecular formula is C27H27Cl3Ti. The van der Waals surface area contributed by atoms with Crippen molar-refractivity contribution in [2.45, 2.75) is 42.2 Å². The summed E-state index contributed by atoms with van der Waals surface area (Å²) in [7, 11) is 0. The van der Waals surface area contributed by atoms with Crippen molar-refractivity contribution in [2.75, 3.05) is 0 Å². The third-order valence-electron chi connectivity index (χ3n) is 6.41. The maximum absolute atomic E-state index is 2.47. The fraction of sp³-hybridized carbons (Fsp3) is 0.259. The summed E-state index contributed by atoms with van der Waals surface area (Å²) in [5, 5.41) is 0. The predicted octanol–water partition coefficient (Wildman–Crippen LogP) is -1.97. The number of allylic oxidation sites excluding steroid dienone is 1. The van der Waals surface area contributed by atoms with Gasteiger partial charge in [0.2, 0.25) is 0 Å². The standard InChI is InChI=1S/C27H27.3ClH.Ti/c1-3-4-19-27(23-14-7-5-8-15-23,24-16-9-6-10-17-24)26-21(2)20-22-13-11-12-18-25(22)26;;;;/h5-18,20H,3-4,19H2,1-2H3;3*1H;/q;;;;+3/p-3. The van der Waals surface area contributed by atoms with Gasteiger partial charge >= 0.3 is 182 Å². The number of halogens is 3. The molecule has 160 valence electrons. The van der Waals surface area contributed by atoms with E-state index < -0.39 is 0 Å². The summed E-state index contributed by atoms with van der Waals surface area (Å²) in [5.74, 6) is 0. The Balaban J connectivity index is 0.00000160. The first kappa shape index (κ1) is 28.0. The van der Waals surface area contributed by atoms with E-state index in [1.165, 1.54) is 40.7 Å². The number of hydrogen-bond donors (Lipinski definition) is 0. The average molecular weight is 506 g/mol. The Morgan fingerprint density at radius 3 is 1.74 bits per heavy atom. The molecule has 0 aromatic heterocycles. The maximum atomic E-state index is 2.47. The molecule has 0 nitrogen and oxygen atoms in total. The van der Waals surface area contributed by atoms with Gasteiger partial charge in [0, 0.05) is 0 Å². The second-order valence-electron chi connectivity index (χ2n) is 7.91. The van der Waals surface area contributed by atoms with Gasteiger partial charge in [0.15, 0.2) is 0 Å². The molecule has 3 aromatic rings. The van der Waals surface area contributed by atoms with Gasteiger partial charge in [-0.3, -0.25) is 0 Å². The van der Waals surface area contributed by atoms with Crippen LogP contribution in [0.1, 0.15) is 55.4 Å². The van der Waals surface area contributed by atoms with Crippen molar-refractivity contribution < 1.29 is 57.7 Å². The summed E-state index contributed by atoms with van der Waals surface area (Å²) in [4.78, 5) is 0. The number of rotatable bonds is 6. The second-order valence-corrected chi connectivity index (χ2v) is 9.08. The molecule has 0 fully saturated rings. The topological polar surface area (TPSA) is 0 Å². The molecule has 3 aromatic carbocycles. The summed E-state index contributed by atoms with van der Waals surface area (Å²) >= 11 is 2.47. The van der Waals surface area contributed by atoms with Crippen molar-refractivity contribution in [1.29, 1.82) is 0 Å². The first-order valence-electron chi connectivity index (χ1n) is 10.3. The van der Waals surface area contributed by atoms with Crippen molar-refractivity contribution in [3.63, 3.8) is 0 Å². The van der Waals surface area contributed by atoms with Crippen LogP contribution >= 0.6 is 0 Å². The van der Waals surface area contributed by atoms with Crippen LogP contribution in [0, 0.1) is 0 Å². The fourth-order valence-corrected chi connectivity index (χ4v) is 6.16. The molecule has 31 heavy (non-hydrogen) atoms. The van der Waals surface area contributed by atoms with E-state index in [-0.39, 0.29) is 46.4 Å². The first-order valence-corrected chi connectivity index (χ1v) is 11.1. The van der Waals surface area contributed by atoms with Crippen molar-refractivity contribution in [1.82, 2.24) is 0 Å². The molecule has 0 N–H and O–H groups in total. The van der Waals surface area contributed by atoms with Gasteiger partial charge in [-0.15, -0.1) is 0 Å². The molecule has 1 aliphatic carbocycles. The van der Waals surface area contributed by atoms with E-state index in [0.29, 0.717) is 0 Å². The van der Waals surface area contributed by atoms with Crippen LogP contribution in [-0.4, -0.2) is 0 Å². The average Bonchev–Trinajstić information content (AvgIpc) is 3.01. The molecule has 4 heteroatoms. The van der Waals surface area contributed by atoms with Gasteiger partial charge in [-0.05, 0) is 0 Å². The molecule has 0 saturated heterocycles. The van der Waals surface area contributed by atoms with Crippen LogP contribution < -0.4 is 37.2 Å². The Bertz CT molecular complexity index is 946. The van der Waals surface area contributed by atoms with Gasteiger partial charge in [-0.25, -0.2) is 0 Å². The molecule has 0 spiro atoms. The molecule has 0 heterocycles. The van der Waals surface area contributed by atoms with E-state index in [9.17, 15) is 0 Å². The van der Waals surface area contributed by atoms with E-state index >= 15 is 0 Å². The third kappa shape index (κ3) is 4.57. The van der Waals surface area contributed by atoms with Crippen LogP contribution in [0.5, 0.6) is 0 Å². The smallest absolute Gasteiger partial charge is 1.00 e. The number of benzene rings is 3. The quantitative estimate of drug-likeness (QED) is 0.341. The van der Waals surface area contributed by atoms with Crippen LogP contribution in [0.15, 0.2) is 90.5 Å². The zero-order valence-electron chi connectivity index (χ0n) is 17.9. The minimum Gasteiger partial charge on any atom is -1.00 e. The van der Waals surface area contributed by atoms with E-state index in [2.05, 4.69) is 125 Å². The summed E-state index contributed by atoms with van der Waals surface area (Å²) in [6.07, 6.45) is 5.94. The minimum atomic E-state index is -0.0985. The third-order valence-corrected chi connectivity index (χ3v) is 8.11. The van der Waals surface area contributed by atoms with Crippen LogP contribution in [0.2, 0.25) is 0 Å². The Morgan fingerprint density at radius 1 is 0.742 bits per heavy atom. The molecule has 1 unspecified atom stereocenters. The van der Waals surface area contributed by atoms with Crippen molar-refractivity contribution >= 4 is 6.08 Å². The first-order chi connectivity index (χ1) is 13.6. The zero-order valence-corrected chi connectivity index (χ0v) is 21.7. The van der Waals surface area contributed by atoms with Gasteiger partial charge in [0.05, 0.1) is 0 Å². The largest absolute Gasteiger partial charge is 1.00 e. The van der Waals surface area contributed by atoms with Gasteiger partial charge in [0.25, 0.3) is 0 Å². The van der Waals surface area contributed by atoms with Gasteiger partial charge in [-0.1, -0.05) is 0 Å². The Kier molecular flexibility index (Phi) is 10.6. The van der Waals surface area contributed by atoms with Crippen LogP contribution in [0.25, 0.3) is 6.08 Å². The SMILES string of the molecule is CCCCC(c1ccccc1)(c1ccccc1)[C]1([Ti+3])C(C)=Cc2ccccc21.[Cl-].[Cl-].[Cl-]. The monoisotopic (exact) mass is 504 g/mol. The maximum Gasteiger partial charge on any atom is -1.00 e. The molecule has 0 bridgehead atoms. The Labute approximate surface area is 217 Å². The summed E-state index contributed by atoms with van der Waals surface area (Å²) in [6.45, 7) is 4.63. The normalized spacial score (nSPS) is 16.8. The van der Waals surface area contributed by atoms with E-state index in [1.54, 1.807) is 0 Å². The van der Waals surface area contributed by atoms with E-state index in [4.69, 9.17) is 0 Å². The second kappa shape index (κ2) is 11.7. The minimum absolute atomic E-state index is 0. The summed E-state index contributed by atoms with van der Waals surface area (Å²) < 4.78 is -0.0819. The zero-order chi connectivity index (χ0) is 19.6. The van der Waals surface area contributed by atoms with Gasteiger partial charge in [0.1, 0.15) is 0 Å². The number of unbranched alkanes of at least 4 members (excludes halogenated alkanes) is 1. The van der Waals surface area contributed by atoms with Gasteiger partial charge in [-0.2, -0.15) is 0 Å². The molecular weight excluding hydrogens is 479 g/mol. The van der Waals surface area contributed by atoms with Gasteiger partial charge < -0.3 is 37.2 Å². The summed E-state index contributed by atoms with van der Waals surface area (Å²) in [5.41, 5.74) is 7.02. The molecule has 0 radical (unpaired) electrons. The van der Waals surface area contributed by atoms with E-state index in [0.717, 1.165) is 6.42 Å². The summed E-state index contributed by atoms with van der Waals surface area (Å²) in [6, 6.07) is 31.4. The fourth-order valence-electron chi connectivity index (χ4n) is 5.05.